The van der Waals surface area contributed by atoms with Crippen molar-refractivity contribution in [1.29, 1.82) is 0 Å². The number of H-pyrrole nitrogens is 1. The molecule has 1 amide bonds. The second kappa shape index (κ2) is 9.34. The highest BCUT2D eigenvalue weighted by molar-refractivity contribution is 5.91. The summed E-state index contributed by atoms with van der Waals surface area (Å²) in [6, 6.07) is 9.73. The zero-order chi connectivity index (χ0) is 20.8. The number of benzene rings is 1. The van der Waals surface area contributed by atoms with Crippen LogP contribution in [-0.4, -0.2) is 51.3 Å². The van der Waals surface area contributed by atoms with Crippen LogP contribution in [0.5, 0.6) is 5.75 Å². The molecule has 1 fully saturated rings. The van der Waals surface area contributed by atoms with Gasteiger partial charge in [-0.2, -0.15) is 4.98 Å². The SMILES string of the molecule is COc1ccc(CCc2nc(NC(=O)[C@H]3CCCN(c4ncccn4)C3)n[nH]2)cc1. The molecule has 3 aromatic rings. The van der Waals surface area contributed by atoms with Crippen molar-refractivity contribution >= 4 is 17.8 Å². The Labute approximate surface area is 174 Å². The first-order valence-corrected chi connectivity index (χ1v) is 10.1. The molecule has 2 aromatic heterocycles. The number of ether oxygens (including phenoxy) is 1. The van der Waals surface area contributed by atoms with Gasteiger partial charge in [0.2, 0.25) is 17.8 Å². The minimum absolute atomic E-state index is 0.0728. The van der Waals surface area contributed by atoms with Crippen molar-refractivity contribution in [3.8, 4) is 5.75 Å². The molecule has 2 N–H and O–H groups in total. The summed E-state index contributed by atoms with van der Waals surface area (Å²) in [5, 5.41) is 9.89. The first-order chi connectivity index (χ1) is 14.7. The fourth-order valence-corrected chi connectivity index (χ4v) is 3.56. The summed E-state index contributed by atoms with van der Waals surface area (Å²) in [5.41, 5.74) is 1.18. The standard InChI is InChI=1S/C21H25N7O2/c1-30-17-8-5-15(6-9-17)7-10-18-24-20(27-26-18)25-19(29)16-4-2-13-28(14-16)21-22-11-3-12-23-21/h3,5-6,8-9,11-12,16H,2,4,7,10,13-14H2,1H3,(H2,24,25,26,27,29)/t16-/m0/s1. The molecule has 1 aliphatic rings. The van der Waals surface area contributed by atoms with E-state index in [0.717, 1.165) is 37.4 Å². The van der Waals surface area contributed by atoms with E-state index in [4.69, 9.17) is 4.74 Å². The Morgan fingerprint density at radius 1 is 1.23 bits per heavy atom. The third-order valence-electron chi connectivity index (χ3n) is 5.20. The Bertz CT molecular complexity index is 959. The molecule has 0 saturated carbocycles. The maximum Gasteiger partial charge on any atom is 0.248 e. The Morgan fingerprint density at radius 3 is 2.80 bits per heavy atom. The van der Waals surface area contributed by atoms with Gasteiger partial charge >= 0.3 is 0 Å². The van der Waals surface area contributed by atoms with Crippen LogP contribution in [0.1, 0.15) is 24.2 Å². The number of carbonyl (C=O) groups excluding carboxylic acids is 1. The molecule has 0 spiro atoms. The number of methoxy groups -OCH3 is 1. The van der Waals surface area contributed by atoms with E-state index < -0.39 is 0 Å². The molecule has 1 aliphatic heterocycles. The average Bonchev–Trinajstić information content (AvgIpc) is 3.26. The number of hydrogen-bond acceptors (Lipinski definition) is 7. The number of nitrogens with one attached hydrogen (secondary N) is 2. The lowest BCUT2D eigenvalue weighted by molar-refractivity contribution is -0.120. The lowest BCUT2D eigenvalue weighted by atomic mass is 9.97. The number of piperidine rings is 1. The van der Waals surface area contributed by atoms with Crippen LogP contribution in [0.3, 0.4) is 0 Å². The van der Waals surface area contributed by atoms with Crippen LogP contribution in [0.4, 0.5) is 11.9 Å². The van der Waals surface area contributed by atoms with Gasteiger partial charge in [0, 0.05) is 31.9 Å². The summed E-state index contributed by atoms with van der Waals surface area (Å²) in [4.78, 5) is 27.7. The van der Waals surface area contributed by atoms with Crippen LogP contribution in [0.25, 0.3) is 0 Å². The van der Waals surface area contributed by atoms with Crippen LogP contribution in [-0.2, 0) is 17.6 Å². The van der Waals surface area contributed by atoms with Gasteiger partial charge in [0.15, 0.2) is 0 Å². The molecule has 9 nitrogen and oxygen atoms in total. The van der Waals surface area contributed by atoms with Crippen molar-refractivity contribution in [3.05, 3.63) is 54.1 Å². The number of amides is 1. The molecule has 30 heavy (non-hydrogen) atoms. The van der Waals surface area contributed by atoms with E-state index in [-0.39, 0.29) is 11.8 Å². The van der Waals surface area contributed by atoms with E-state index in [1.165, 1.54) is 5.56 Å². The van der Waals surface area contributed by atoms with E-state index in [0.29, 0.717) is 24.9 Å². The van der Waals surface area contributed by atoms with Crippen molar-refractivity contribution in [2.75, 3.05) is 30.4 Å². The molecule has 0 radical (unpaired) electrons. The maximum absolute atomic E-state index is 12.7. The summed E-state index contributed by atoms with van der Waals surface area (Å²) >= 11 is 0. The molecule has 1 atom stereocenters. The summed E-state index contributed by atoms with van der Waals surface area (Å²) in [7, 11) is 1.65. The monoisotopic (exact) mass is 407 g/mol. The fraction of sp³-hybridized carbons (Fsp3) is 0.381. The van der Waals surface area contributed by atoms with Gasteiger partial charge < -0.3 is 9.64 Å². The van der Waals surface area contributed by atoms with E-state index >= 15 is 0 Å². The number of nitrogens with zero attached hydrogens (tertiary/aromatic N) is 5. The lowest BCUT2D eigenvalue weighted by Crippen LogP contribution is -2.41. The van der Waals surface area contributed by atoms with Crippen molar-refractivity contribution in [3.63, 3.8) is 0 Å². The quantitative estimate of drug-likeness (QED) is 0.618. The number of aromatic amines is 1. The second-order valence-corrected chi connectivity index (χ2v) is 7.28. The van der Waals surface area contributed by atoms with Crippen molar-refractivity contribution < 1.29 is 9.53 Å². The molecule has 0 bridgehead atoms. The number of rotatable bonds is 7. The van der Waals surface area contributed by atoms with Gasteiger partial charge in [0.1, 0.15) is 11.6 Å². The highest BCUT2D eigenvalue weighted by Gasteiger charge is 2.27. The number of aromatic nitrogens is 5. The largest absolute Gasteiger partial charge is 0.497 e. The van der Waals surface area contributed by atoms with Crippen LogP contribution >= 0.6 is 0 Å². The topological polar surface area (TPSA) is 109 Å². The summed E-state index contributed by atoms with van der Waals surface area (Å²) in [6.45, 7) is 1.44. The maximum atomic E-state index is 12.7. The van der Waals surface area contributed by atoms with Crippen molar-refractivity contribution in [1.82, 2.24) is 25.1 Å². The van der Waals surface area contributed by atoms with E-state index in [9.17, 15) is 4.79 Å². The minimum atomic E-state index is -0.149. The van der Waals surface area contributed by atoms with Gasteiger partial charge in [-0.15, -0.1) is 5.10 Å². The Balaban J connectivity index is 1.30. The smallest absolute Gasteiger partial charge is 0.248 e. The predicted molar refractivity (Wildman–Crippen MR) is 112 cm³/mol. The van der Waals surface area contributed by atoms with E-state index in [1.807, 2.05) is 29.2 Å². The van der Waals surface area contributed by atoms with Gasteiger partial charge in [-0.25, -0.2) is 9.97 Å². The Kier molecular flexibility index (Phi) is 6.17. The molecule has 1 saturated heterocycles. The van der Waals surface area contributed by atoms with Crippen LogP contribution in [0, 0.1) is 5.92 Å². The molecule has 156 valence electrons. The lowest BCUT2D eigenvalue weighted by Gasteiger charge is -2.31. The summed E-state index contributed by atoms with van der Waals surface area (Å²) < 4.78 is 5.18. The van der Waals surface area contributed by atoms with Crippen LogP contribution in [0.2, 0.25) is 0 Å². The number of hydrogen-bond donors (Lipinski definition) is 2. The third kappa shape index (κ3) is 4.91. The molecule has 0 aliphatic carbocycles. The highest BCUT2D eigenvalue weighted by atomic mass is 16.5. The fourth-order valence-electron chi connectivity index (χ4n) is 3.56. The molecule has 9 heteroatoms. The van der Waals surface area contributed by atoms with Crippen molar-refractivity contribution in [2.24, 2.45) is 5.92 Å². The van der Waals surface area contributed by atoms with Crippen LogP contribution in [0.15, 0.2) is 42.7 Å². The third-order valence-corrected chi connectivity index (χ3v) is 5.20. The molecular weight excluding hydrogens is 382 g/mol. The van der Waals surface area contributed by atoms with Gasteiger partial charge in [-0.1, -0.05) is 12.1 Å². The Morgan fingerprint density at radius 2 is 2.03 bits per heavy atom. The van der Waals surface area contributed by atoms with Crippen molar-refractivity contribution in [2.45, 2.75) is 25.7 Å². The molecule has 0 unspecified atom stereocenters. The molecule has 3 heterocycles. The van der Waals surface area contributed by atoms with E-state index in [1.54, 1.807) is 25.6 Å². The van der Waals surface area contributed by atoms with Crippen LogP contribution < -0.4 is 15.0 Å². The molecule has 4 rings (SSSR count). The minimum Gasteiger partial charge on any atom is -0.497 e. The average molecular weight is 407 g/mol. The number of aryl methyl sites for hydroxylation is 2. The highest BCUT2D eigenvalue weighted by Crippen LogP contribution is 2.21. The number of anilines is 2. The van der Waals surface area contributed by atoms with Gasteiger partial charge in [0.25, 0.3) is 0 Å². The van der Waals surface area contributed by atoms with Gasteiger partial charge in [-0.3, -0.25) is 15.2 Å². The number of carbonyl (C=O) groups is 1. The zero-order valence-electron chi connectivity index (χ0n) is 16.9. The molecular formula is C21H25N7O2. The normalized spacial score (nSPS) is 16.3. The predicted octanol–water partition coefficient (Wildman–Crippen LogP) is 2.24. The zero-order valence-corrected chi connectivity index (χ0v) is 16.9. The first-order valence-electron chi connectivity index (χ1n) is 10.1. The van der Waals surface area contributed by atoms with Gasteiger partial charge in [-0.05, 0) is 43.0 Å². The summed E-state index contributed by atoms with van der Waals surface area (Å²) in [6.07, 6.45) is 6.70. The molecule has 1 aromatic carbocycles. The Hall–Kier alpha value is -3.49. The second-order valence-electron chi connectivity index (χ2n) is 7.28. The van der Waals surface area contributed by atoms with E-state index in [2.05, 4.69) is 30.5 Å². The summed E-state index contributed by atoms with van der Waals surface area (Å²) in [5.74, 6) is 2.33. The van der Waals surface area contributed by atoms with Gasteiger partial charge in [0.05, 0.1) is 13.0 Å². The first kappa shape index (κ1) is 19.8.